The second-order valence-corrected chi connectivity index (χ2v) is 20.0. The van der Waals surface area contributed by atoms with Gasteiger partial charge in [-0.1, -0.05) is 122 Å². The predicted molar refractivity (Wildman–Crippen MR) is 295 cm³/mol. The van der Waals surface area contributed by atoms with Gasteiger partial charge in [-0.3, -0.25) is 0 Å². The summed E-state index contributed by atoms with van der Waals surface area (Å²) >= 11 is 0. The Kier molecular flexibility index (Phi) is 25.0. The molecule has 2 fully saturated rings. The average Bonchev–Trinajstić information content (AvgIpc) is 3.38. The molecule has 0 aromatic heterocycles. The summed E-state index contributed by atoms with van der Waals surface area (Å²) in [6.07, 6.45) is 31.8. The quantitative estimate of drug-likeness (QED) is 0.0161. The van der Waals surface area contributed by atoms with Crippen molar-refractivity contribution in [1.29, 1.82) is 0 Å². The van der Waals surface area contributed by atoms with Crippen LogP contribution in [0.3, 0.4) is 0 Å². The molecule has 0 heterocycles. The van der Waals surface area contributed by atoms with E-state index in [1.165, 1.54) is 95.6 Å². The van der Waals surface area contributed by atoms with E-state index in [9.17, 15) is 19.2 Å². The summed E-state index contributed by atoms with van der Waals surface area (Å²) in [4.78, 5) is 49.3. The molecule has 0 spiro atoms. The van der Waals surface area contributed by atoms with Crippen LogP contribution in [0.1, 0.15) is 192 Å². The largest absolute Gasteiger partial charge is 0.459 e. The molecule has 0 amide bonds. The van der Waals surface area contributed by atoms with Crippen LogP contribution in [0.2, 0.25) is 0 Å². The van der Waals surface area contributed by atoms with Gasteiger partial charge in [0.15, 0.2) is 0 Å². The maximum Gasteiger partial charge on any atom is 0.338 e. The monoisotopic (exact) mass is 999 g/mol. The molecule has 12 heteroatoms. The molecule has 4 aromatic rings. The van der Waals surface area contributed by atoms with E-state index in [0.717, 1.165) is 85.5 Å². The normalized spacial score (nSPS) is 17.6. The Morgan fingerprint density at radius 3 is 1.12 bits per heavy atom. The molecule has 8 N–H and O–H groups in total. The third-order valence-electron chi connectivity index (χ3n) is 13.8. The summed E-state index contributed by atoms with van der Waals surface area (Å²) in [6, 6.07) is 24.2. The maximum atomic E-state index is 12.6. The Hall–Kier alpha value is -6.56. The number of hydrogen-bond acceptors (Lipinski definition) is 12. The molecule has 0 atom stereocenters. The summed E-state index contributed by atoms with van der Waals surface area (Å²) in [5.74, 6) is 0.0452. The van der Waals surface area contributed by atoms with Crippen LogP contribution in [0.4, 0.5) is 22.7 Å². The summed E-state index contributed by atoms with van der Waals surface area (Å²) in [7, 11) is 0. The van der Waals surface area contributed by atoms with E-state index in [1.54, 1.807) is 97.1 Å². The van der Waals surface area contributed by atoms with Gasteiger partial charge in [-0.2, -0.15) is 0 Å². The van der Waals surface area contributed by atoms with Gasteiger partial charge >= 0.3 is 23.9 Å². The first-order valence-electron chi connectivity index (χ1n) is 27.0. The number of carbonyl (C=O) groups is 4. The smallest absolute Gasteiger partial charge is 0.338 e. The number of rotatable bonds is 25. The molecule has 2 aliphatic carbocycles. The Morgan fingerprint density at radius 1 is 0.452 bits per heavy atom. The molecular formula is C61H82N4O8. The van der Waals surface area contributed by atoms with Gasteiger partial charge in [0.2, 0.25) is 0 Å². The molecule has 0 aliphatic heterocycles. The minimum absolute atomic E-state index is 0.0120. The third-order valence-corrected chi connectivity index (χ3v) is 13.8. The Labute approximate surface area is 434 Å². The fourth-order valence-corrected chi connectivity index (χ4v) is 9.62. The van der Waals surface area contributed by atoms with Crippen molar-refractivity contribution >= 4 is 58.8 Å². The minimum Gasteiger partial charge on any atom is -0.459 e. The predicted octanol–water partition coefficient (Wildman–Crippen LogP) is 13.8. The molecule has 12 nitrogen and oxygen atoms in total. The van der Waals surface area contributed by atoms with Crippen molar-refractivity contribution in [2.45, 2.75) is 174 Å². The first-order chi connectivity index (χ1) is 35.3. The number of carbonyl (C=O) groups excluding carboxylic acids is 4. The van der Waals surface area contributed by atoms with Gasteiger partial charge in [0.25, 0.3) is 0 Å². The molecular weight excluding hydrogens is 917 g/mol. The van der Waals surface area contributed by atoms with Gasteiger partial charge < -0.3 is 41.9 Å². The third kappa shape index (κ3) is 22.4. The van der Waals surface area contributed by atoms with Crippen molar-refractivity contribution in [3.05, 3.63) is 130 Å². The Balaban J connectivity index is 0.000000271. The highest BCUT2D eigenvalue weighted by atomic mass is 16.6. The lowest BCUT2D eigenvalue weighted by Gasteiger charge is -2.28. The van der Waals surface area contributed by atoms with Gasteiger partial charge in [-0.05, 0) is 158 Å². The van der Waals surface area contributed by atoms with Crippen LogP contribution in [0.25, 0.3) is 12.2 Å². The fraction of sp³-hybridized carbons (Fsp3) is 0.475. The zero-order chi connectivity index (χ0) is 52.2. The summed E-state index contributed by atoms with van der Waals surface area (Å²) < 4.78 is 22.0. The van der Waals surface area contributed by atoms with Gasteiger partial charge in [0.05, 0.1) is 11.1 Å². The molecule has 4 aromatic carbocycles. The van der Waals surface area contributed by atoms with Crippen LogP contribution in [-0.4, -0.2) is 36.1 Å². The average molecular weight is 999 g/mol. The zero-order valence-electron chi connectivity index (χ0n) is 43.5. The van der Waals surface area contributed by atoms with E-state index < -0.39 is 11.9 Å². The zero-order valence-corrected chi connectivity index (χ0v) is 43.5. The van der Waals surface area contributed by atoms with Crippen LogP contribution >= 0.6 is 0 Å². The maximum absolute atomic E-state index is 12.6. The molecule has 73 heavy (non-hydrogen) atoms. The lowest BCUT2D eigenvalue weighted by Crippen LogP contribution is -2.24. The number of esters is 4. The number of benzene rings is 4. The van der Waals surface area contributed by atoms with E-state index in [1.807, 2.05) is 0 Å². The minimum atomic E-state index is -0.476. The number of hydrogen-bond donors (Lipinski definition) is 4. The highest BCUT2D eigenvalue weighted by Gasteiger charge is 2.25. The molecule has 0 bridgehead atoms. The van der Waals surface area contributed by atoms with Crippen LogP contribution < -0.4 is 22.9 Å². The number of nitrogens with two attached hydrogens (primary N) is 4. The van der Waals surface area contributed by atoms with Crippen LogP contribution in [0.5, 0.6) is 0 Å². The Bertz CT molecular complexity index is 2320. The molecule has 0 radical (unpaired) electrons. The molecule has 2 saturated carbocycles. The van der Waals surface area contributed by atoms with Crippen molar-refractivity contribution in [3.63, 3.8) is 0 Å². The number of nitrogen functional groups attached to an aromatic ring is 4. The highest BCUT2D eigenvalue weighted by Crippen LogP contribution is 2.32. The van der Waals surface area contributed by atoms with Gasteiger partial charge in [-0.25, -0.2) is 19.2 Å². The lowest BCUT2D eigenvalue weighted by molar-refractivity contribution is -0.139. The van der Waals surface area contributed by atoms with Crippen LogP contribution in [0, 0.1) is 11.8 Å². The topological polar surface area (TPSA) is 209 Å². The fourth-order valence-electron chi connectivity index (χ4n) is 9.62. The van der Waals surface area contributed by atoms with Crippen molar-refractivity contribution in [3.8, 4) is 0 Å². The standard InChI is InChI=1S/C31H42N2O4.C30H40N2O4/c1-2-3-4-5-6-7-8-23-11-16-29(17-12-23)37-31(35)26-14-9-24(10-15-26)13-18-30(34)36-22-25-19-27(32)21-28(33)20-25;1-2-3-4-5-6-7-22-10-15-28(16-11-22)36-30(34)25-13-8-23(9-14-25)12-17-29(33)35-21-24-18-26(31)20-27(32)19-24/h9-10,13-15,18-21,23,29H,2-8,11-12,16-17,22,32-33H2,1H3;8-9,12-14,17-20,22,28H,2-7,10-11,15-16,21,31-32H2,1H3/b18-13+;17-12+. The van der Waals surface area contributed by atoms with Crippen molar-refractivity contribution in [2.75, 3.05) is 22.9 Å². The van der Waals surface area contributed by atoms with Crippen molar-refractivity contribution < 1.29 is 38.1 Å². The van der Waals surface area contributed by atoms with Gasteiger partial charge in [0.1, 0.15) is 25.4 Å². The molecule has 0 unspecified atom stereocenters. The second kappa shape index (κ2) is 31.8. The highest BCUT2D eigenvalue weighted by molar-refractivity contribution is 5.91. The van der Waals surface area contributed by atoms with Gasteiger partial charge in [0, 0.05) is 34.9 Å². The number of unbranched alkanes of at least 4 members (excludes halogenated alkanes) is 9. The Morgan fingerprint density at radius 2 is 0.781 bits per heavy atom. The van der Waals surface area contributed by atoms with E-state index in [4.69, 9.17) is 41.9 Å². The number of ether oxygens (including phenoxy) is 4. The molecule has 6 rings (SSSR count). The first kappa shape index (κ1) is 57.3. The van der Waals surface area contributed by atoms with Crippen molar-refractivity contribution in [1.82, 2.24) is 0 Å². The molecule has 0 saturated heterocycles. The SMILES string of the molecule is CCCCCCCC1CCC(OC(=O)c2ccc(/C=C/C(=O)OCc3cc(N)cc(N)c3)cc2)CC1.CCCCCCCCC1CCC(OC(=O)c2ccc(/C=C/C(=O)OCc3cc(N)cc(N)c3)cc2)CC1. The molecule has 2 aliphatic rings. The lowest BCUT2D eigenvalue weighted by atomic mass is 9.84. The number of anilines is 4. The first-order valence-corrected chi connectivity index (χ1v) is 27.0. The van der Waals surface area contributed by atoms with Crippen LogP contribution in [-0.2, 0) is 41.8 Å². The van der Waals surface area contributed by atoms with Gasteiger partial charge in [-0.15, -0.1) is 0 Å². The summed E-state index contributed by atoms with van der Waals surface area (Å²) in [5.41, 5.74) is 29.2. The summed E-state index contributed by atoms with van der Waals surface area (Å²) in [5, 5.41) is 0. The summed E-state index contributed by atoms with van der Waals surface area (Å²) in [6.45, 7) is 4.67. The van der Waals surface area contributed by atoms with E-state index in [-0.39, 0.29) is 37.4 Å². The van der Waals surface area contributed by atoms with Crippen molar-refractivity contribution in [2.24, 2.45) is 11.8 Å². The van der Waals surface area contributed by atoms with E-state index in [2.05, 4.69) is 13.8 Å². The second-order valence-electron chi connectivity index (χ2n) is 20.0. The molecule has 394 valence electrons. The van der Waals surface area contributed by atoms with Crippen LogP contribution in [0.15, 0.2) is 97.1 Å². The van der Waals surface area contributed by atoms with E-state index >= 15 is 0 Å². The van der Waals surface area contributed by atoms with E-state index in [0.29, 0.717) is 33.9 Å².